The zero-order valence-electron chi connectivity index (χ0n) is 15.9. The van der Waals surface area contributed by atoms with Gasteiger partial charge in [0, 0.05) is 40.8 Å². The lowest BCUT2D eigenvalue weighted by Gasteiger charge is -2.32. The van der Waals surface area contributed by atoms with E-state index in [1.165, 1.54) is 0 Å². The van der Waals surface area contributed by atoms with Gasteiger partial charge in [-0.25, -0.2) is 0 Å². The van der Waals surface area contributed by atoms with Crippen molar-refractivity contribution in [1.82, 2.24) is 10.2 Å². The number of carbonyl (C=O) groups is 2. The SMILES string of the molecule is COc1cc(OC)cc(C(=O)N2CCC(NC(=O)c3ccc(Br)cc3)CC2)c1. The summed E-state index contributed by atoms with van der Waals surface area (Å²) < 4.78 is 11.4. The molecule has 2 amide bonds. The predicted molar refractivity (Wildman–Crippen MR) is 110 cm³/mol. The van der Waals surface area contributed by atoms with E-state index >= 15 is 0 Å². The monoisotopic (exact) mass is 446 g/mol. The van der Waals surface area contributed by atoms with E-state index < -0.39 is 0 Å². The van der Waals surface area contributed by atoms with Gasteiger partial charge in [0.1, 0.15) is 11.5 Å². The summed E-state index contributed by atoms with van der Waals surface area (Å²) in [5.41, 5.74) is 1.17. The van der Waals surface area contributed by atoms with Crippen LogP contribution in [0.5, 0.6) is 11.5 Å². The van der Waals surface area contributed by atoms with Crippen molar-refractivity contribution in [1.29, 1.82) is 0 Å². The number of benzene rings is 2. The third-order valence-corrected chi connectivity index (χ3v) is 5.35. The third kappa shape index (κ3) is 4.84. The Morgan fingerprint density at radius 3 is 2.07 bits per heavy atom. The van der Waals surface area contributed by atoms with Gasteiger partial charge in [0.05, 0.1) is 14.2 Å². The predicted octanol–water partition coefficient (Wildman–Crippen LogP) is 3.50. The highest BCUT2D eigenvalue weighted by Crippen LogP contribution is 2.24. The Hall–Kier alpha value is -2.54. The van der Waals surface area contributed by atoms with Gasteiger partial charge in [-0.05, 0) is 49.2 Å². The number of nitrogens with zero attached hydrogens (tertiary/aromatic N) is 1. The number of amides is 2. The fourth-order valence-corrected chi connectivity index (χ4v) is 3.47. The molecular weight excluding hydrogens is 424 g/mol. The van der Waals surface area contributed by atoms with Crippen molar-refractivity contribution in [3.05, 3.63) is 58.1 Å². The van der Waals surface area contributed by atoms with Gasteiger partial charge in [-0.3, -0.25) is 9.59 Å². The second kappa shape index (κ2) is 9.10. The first kappa shape index (κ1) is 20.2. The molecule has 0 radical (unpaired) electrons. The van der Waals surface area contributed by atoms with Gasteiger partial charge in [0.25, 0.3) is 11.8 Å². The minimum Gasteiger partial charge on any atom is -0.497 e. The van der Waals surface area contributed by atoms with Crippen LogP contribution in [0.1, 0.15) is 33.6 Å². The minimum atomic E-state index is -0.0881. The number of hydrogen-bond acceptors (Lipinski definition) is 4. The Morgan fingerprint density at radius 1 is 0.964 bits per heavy atom. The van der Waals surface area contributed by atoms with E-state index in [-0.39, 0.29) is 17.9 Å². The Bertz CT molecular complexity index is 824. The van der Waals surface area contributed by atoms with Crippen molar-refractivity contribution < 1.29 is 19.1 Å². The maximum atomic E-state index is 12.8. The van der Waals surface area contributed by atoms with Crippen LogP contribution in [0.2, 0.25) is 0 Å². The van der Waals surface area contributed by atoms with Crippen molar-refractivity contribution in [2.24, 2.45) is 0 Å². The minimum absolute atomic E-state index is 0.0556. The number of likely N-dealkylation sites (tertiary alicyclic amines) is 1. The van der Waals surface area contributed by atoms with Gasteiger partial charge in [-0.15, -0.1) is 0 Å². The Kier molecular flexibility index (Phi) is 6.57. The molecule has 1 saturated heterocycles. The van der Waals surface area contributed by atoms with E-state index in [4.69, 9.17) is 9.47 Å². The summed E-state index contributed by atoms with van der Waals surface area (Å²) in [5.74, 6) is 1.02. The molecule has 1 heterocycles. The topological polar surface area (TPSA) is 67.9 Å². The molecule has 2 aromatic rings. The van der Waals surface area contributed by atoms with Crippen LogP contribution in [-0.4, -0.2) is 50.1 Å². The number of nitrogens with one attached hydrogen (secondary N) is 1. The molecule has 3 rings (SSSR count). The van der Waals surface area contributed by atoms with E-state index in [9.17, 15) is 9.59 Å². The van der Waals surface area contributed by atoms with Crippen LogP contribution < -0.4 is 14.8 Å². The zero-order valence-corrected chi connectivity index (χ0v) is 17.5. The quantitative estimate of drug-likeness (QED) is 0.762. The molecule has 2 aromatic carbocycles. The molecule has 28 heavy (non-hydrogen) atoms. The molecule has 1 aliphatic heterocycles. The molecule has 1 aliphatic rings. The van der Waals surface area contributed by atoms with Gasteiger partial charge >= 0.3 is 0 Å². The lowest BCUT2D eigenvalue weighted by atomic mass is 10.0. The zero-order chi connectivity index (χ0) is 20.1. The smallest absolute Gasteiger partial charge is 0.254 e. The summed E-state index contributed by atoms with van der Waals surface area (Å²) in [4.78, 5) is 27.0. The van der Waals surface area contributed by atoms with Crippen LogP contribution in [0, 0.1) is 0 Å². The molecule has 6 nitrogen and oxygen atoms in total. The number of methoxy groups -OCH3 is 2. The summed E-state index contributed by atoms with van der Waals surface area (Å²) in [5, 5.41) is 3.06. The highest BCUT2D eigenvalue weighted by Gasteiger charge is 2.25. The van der Waals surface area contributed by atoms with Crippen LogP contribution in [0.4, 0.5) is 0 Å². The van der Waals surface area contributed by atoms with E-state index in [1.807, 2.05) is 12.1 Å². The number of rotatable bonds is 5. The van der Waals surface area contributed by atoms with Crippen molar-refractivity contribution in [2.75, 3.05) is 27.3 Å². The number of halogens is 1. The Balaban J connectivity index is 1.58. The largest absolute Gasteiger partial charge is 0.497 e. The van der Waals surface area contributed by atoms with Gasteiger partial charge in [-0.1, -0.05) is 15.9 Å². The second-order valence-electron chi connectivity index (χ2n) is 6.65. The molecule has 0 saturated carbocycles. The van der Waals surface area contributed by atoms with Crippen LogP contribution >= 0.6 is 15.9 Å². The van der Waals surface area contributed by atoms with Gasteiger partial charge in [0.2, 0.25) is 0 Å². The average molecular weight is 447 g/mol. The van der Waals surface area contributed by atoms with E-state index in [0.717, 1.165) is 17.3 Å². The van der Waals surface area contributed by atoms with Crippen LogP contribution in [0.15, 0.2) is 46.9 Å². The van der Waals surface area contributed by atoms with Crippen LogP contribution in [0.3, 0.4) is 0 Å². The molecule has 0 spiro atoms. The second-order valence-corrected chi connectivity index (χ2v) is 7.56. The first-order valence-electron chi connectivity index (χ1n) is 9.09. The summed E-state index contributed by atoms with van der Waals surface area (Å²) in [6.45, 7) is 1.17. The van der Waals surface area contributed by atoms with Crippen molar-refractivity contribution >= 4 is 27.7 Å². The Morgan fingerprint density at radius 2 is 1.54 bits per heavy atom. The molecule has 0 atom stereocenters. The van der Waals surface area contributed by atoms with Gasteiger partial charge in [0.15, 0.2) is 0 Å². The number of hydrogen-bond donors (Lipinski definition) is 1. The molecule has 1 N–H and O–H groups in total. The van der Waals surface area contributed by atoms with Crippen LogP contribution in [-0.2, 0) is 0 Å². The van der Waals surface area contributed by atoms with Crippen molar-refractivity contribution in [2.45, 2.75) is 18.9 Å². The summed E-state index contributed by atoms with van der Waals surface area (Å²) in [7, 11) is 3.12. The lowest BCUT2D eigenvalue weighted by molar-refractivity contribution is 0.0697. The normalized spacial score (nSPS) is 14.5. The van der Waals surface area contributed by atoms with Gasteiger partial charge in [-0.2, -0.15) is 0 Å². The van der Waals surface area contributed by atoms with E-state index in [1.54, 1.807) is 49.5 Å². The molecule has 7 heteroatoms. The summed E-state index contributed by atoms with van der Waals surface area (Å²) >= 11 is 3.37. The fourth-order valence-electron chi connectivity index (χ4n) is 3.21. The first-order chi connectivity index (χ1) is 13.5. The third-order valence-electron chi connectivity index (χ3n) is 4.82. The van der Waals surface area contributed by atoms with E-state index in [2.05, 4.69) is 21.2 Å². The number of carbonyl (C=O) groups excluding carboxylic acids is 2. The van der Waals surface area contributed by atoms with Crippen molar-refractivity contribution in [3.63, 3.8) is 0 Å². The Labute approximate surface area is 172 Å². The molecule has 148 valence electrons. The summed E-state index contributed by atoms with van der Waals surface area (Å²) in [6.07, 6.45) is 1.43. The summed E-state index contributed by atoms with van der Waals surface area (Å²) in [6, 6.07) is 12.5. The average Bonchev–Trinajstić information content (AvgIpc) is 2.73. The standard InChI is InChI=1S/C21H23BrN2O4/c1-27-18-11-15(12-19(13-18)28-2)21(26)24-9-7-17(8-10-24)23-20(25)14-3-5-16(22)6-4-14/h3-6,11-13,17H,7-10H2,1-2H3,(H,23,25). The highest BCUT2D eigenvalue weighted by atomic mass is 79.9. The lowest BCUT2D eigenvalue weighted by Crippen LogP contribution is -2.46. The van der Waals surface area contributed by atoms with Gasteiger partial charge < -0.3 is 19.7 Å². The van der Waals surface area contributed by atoms with Crippen molar-refractivity contribution in [3.8, 4) is 11.5 Å². The molecule has 1 fully saturated rings. The van der Waals surface area contributed by atoms with Crippen LogP contribution in [0.25, 0.3) is 0 Å². The highest BCUT2D eigenvalue weighted by molar-refractivity contribution is 9.10. The molecule has 0 unspecified atom stereocenters. The van der Waals surface area contributed by atoms with E-state index in [0.29, 0.717) is 35.7 Å². The maximum absolute atomic E-state index is 12.8. The first-order valence-corrected chi connectivity index (χ1v) is 9.88. The number of piperidine rings is 1. The molecule has 0 aliphatic carbocycles. The molecule has 0 aromatic heterocycles. The molecule has 0 bridgehead atoms. The maximum Gasteiger partial charge on any atom is 0.254 e. The fraction of sp³-hybridized carbons (Fsp3) is 0.333. The number of ether oxygens (including phenoxy) is 2. The molecular formula is C21H23BrN2O4.